The Morgan fingerprint density at radius 3 is 2.56 bits per heavy atom. The van der Waals surface area contributed by atoms with Gasteiger partial charge in [-0.3, -0.25) is 0 Å². The number of nitrogens with one attached hydrogen (secondary N) is 1. The largest absolute Gasteiger partial charge is 0.396 e. The summed E-state index contributed by atoms with van der Waals surface area (Å²) in [5.41, 5.74) is 1.42. The number of rotatable bonds is 5. The molecule has 2 fully saturated rings. The van der Waals surface area contributed by atoms with Crippen molar-refractivity contribution in [3.8, 4) is 0 Å². The monoisotopic (exact) mass is 245 g/mol. The Balaban J connectivity index is 1.71. The van der Waals surface area contributed by atoms with Crippen LogP contribution in [-0.2, 0) is 0 Å². The van der Waals surface area contributed by atoms with E-state index in [1.807, 2.05) is 0 Å². The predicted molar refractivity (Wildman–Crippen MR) is 73.3 cm³/mol. The molecular weight excluding hydrogens is 222 g/mol. The molecule has 2 heteroatoms. The summed E-state index contributed by atoms with van der Waals surface area (Å²) in [6, 6.07) is 11.8. The van der Waals surface area contributed by atoms with Crippen LogP contribution in [0.25, 0.3) is 0 Å². The van der Waals surface area contributed by atoms with E-state index in [-0.39, 0.29) is 0 Å². The second-order valence-corrected chi connectivity index (χ2v) is 5.87. The zero-order valence-corrected chi connectivity index (χ0v) is 10.9. The highest BCUT2D eigenvalue weighted by Gasteiger charge is 2.36. The normalized spacial score (nSPS) is 29.4. The summed E-state index contributed by atoms with van der Waals surface area (Å²) in [5.74, 6) is 1.28. The minimum atomic E-state index is 0.337. The van der Waals surface area contributed by atoms with Crippen LogP contribution >= 0.6 is 0 Å². The van der Waals surface area contributed by atoms with E-state index < -0.39 is 0 Å². The summed E-state index contributed by atoms with van der Waals surface area (Å²) in [5, 5.41) is 13.3. The van der Waals surface area contributed by atoms with Crippen LogP contribution in [0.5, 0.6) is 0 Å². The second-order valence-electron chi connectivity index (χ2n) is 5.87. The predicted octanol–water partition coefficient (Wildman–Crippen LogP) is 2.89. The first-order valence-corrected chi connectivity index (χ1v) is 7.30. The van der Waals surface area contributed by atoms with Gasteiger partial charge >= 0.3 is 0 Å². The van der Waals surface area contributed by atoms with Crippen LogP contribution in [0.15, 0.2) is 30.3 Å². The van der Waals surface area contributed by atoms with E-state index in [0.29, 0.717) is 24.6 Å². The molecule has 2 nitrogen and oxygen atoms in total. The van der Waals surface area contributed by atoms with Gasteiger partial charge in [0.2, 0.25) is 0 Å². The lowest BCUT2D eigenvalue weighted by atomic mass is 9.98. The van der Waals surface area contributed by atoms with Crippen molar-refractivity contribution in [1.82, 2.24) is 5.32 Å². The zero-order valence-electron chi connectivity index (χ0n) is 10.9. The lowest BCUT2D eigenvalue weighted by Gasteiger charge is -2.27. The number of benzene rings is 1. The first-order chi connectivity index (χ1) is 8.88. The third kappa shape index (κ3) is 2.60. The topological polar surface area (TPSA) is 32.3 Å². The second kappa shape index (κ2) is 5.41. The third-order valence-electron chi connectivity index (χ3n) is 4.54. The van der Waals surface area contributed by atoms with E-state index in [0.717, 1.165) is 5.92 Å². The molecule has 0 heterocycles. The highest BCUT2D eigenvalue weighted by Crippen LogP contribution is 2.42. The van der Waals surface area contributed by atoms with Gasteiger partial charge in [-0.2, -0.15) is 0 Å². The van der Waals surface area contributed by atoms with Crippen molar-refractivity contribution in [3.05, 3.63) is 35.9 Å². The Bertz CT molecular complexity index is 374. The van der Waals surface area contributed by atoms with E-state index in [4.69, 9.17) is 0 Å². The first-order valence-electron chi connectivity index (χ1n) is 7.30. The molecule has 0 amide bonds. The minimum Gasteiger partial charge on any atom is -0.396 e. The van der Waals surface area contributed by atoms with Crippen LogP contribution in [0.4, 0.5) is 0 Å². The molecule has 18 heavy (non-hydrogen) atoms. The van der Waals surface area contributed by atoms with E-state index in [2.05, 4.69) is 35.6 Å². The zero-order chi connectivity index (χ0) is 12.4. The molecule has 3 rings (SSSR count). The molecule has 3 atom stereocenters. The van der Waals surface area contributed by atoms with Gasteiger partial charge < -0.3 is 10.4 Å². The van der Waals surface area contributed by atoms with Crippen LogP contribution in [0.1, 0.15) is 43.7 Å². The highest BCUT2D eigenvalue weighted by molar-refractivity contribution is 5.21. The molecule has 0 saturated heterocycles. The average Bonchev–Trinajstić information content (AvgIpc) is 3.16. The Morgan fingerprint density at radius 1 is 1.11 bits per heavy atom. The molecule has 0 spiro atoms. The maximum atomic E-state index is 9.43. The molecule has 98 valence electrons. The molecule has 0 aliphatic heterocycles. The van der Waals surface area contributed by atoms with Gasteiger partial charge in [-0.1, -0.05) is 36.8 Å². The molecule has 1 aromatic rings. The summed E-state index contributed by atoms with van der Waals surface area (Å²) in [6.07, 6.45) is 6.36. The van der Waals surface area contributed by atoms with Crippen molar-refractivity contribution < 1.29 is 5.11 Å². The van der Waals surface area contributed by atoms with Crippen LogP contribution in [0.3, 0.4) is 0 Å². The lowest BCUT2D eigenvalue weighted by molar-refractivity contribution is 0.197. The first kappa shape index (κ1) is 12.2. The smallest absolute Gasteiger partial charge is 0.0474 e. The van der Waals surface area contributed by atoms with Crippen molar-refractivity contribution in [3.63, 3.8) is 0 Å². The van der Waals surface area contributed by atoms with Gasteiger partial charge in [-0.25, -0.2) is 0 Å². The van der Waals surface area contributed by atoms with Gasteiger partial charge in [0.05, 0.1) is 0 Å². The van der Waals surface area contributed by atoms with Gasteiger partial charge in [0.15, 0.2) is 0 Å². The minimum absolute atomic E-state index is 0.337. The molecule has 1 aromatic carbocycles. The standard InChI is InChI=1S/C16H23NO/c18-11-14-7-4-8-15(14)17-16(13-9-10-13)12-5-2-1-3-6-12/h1-3,5-6,13-18H,4,7-11H2/t14-,15-,16-/m0/s1. The number of hydrogen-bond acceptors (Lipinski definition) is 2. The molecule has 0 unspecified atom stereocenters. The SMILES string of the molecule is OC[C@@H]1CCC[C@@H]1N[C@@H](c1ccccc1)C1CC1. The Morgan fingerprint density at radius 2 is 1.89 bits per heavy atom. The van der Waals surface area contributed by atoms with Gasteiger partial charge in [-0.05, 0) is 43.1 Å². The van der Waals surface area contributed by atoms with Gasteiger partial charge in [0.1, 0.15) is 0 Å². The van der Waals surface area contributed by atoms with Gasteiger partial charge in [-0.15, -0.1) is 0 Å². The fourth-order valence-electron chi connectivity index (χ4n) is 3.30. The third-order valence-corrected chi connectivity index (χ3v) is 4.54. The number of hydrogen-bond donors (Lipinski definition) is 2. The van der Waals surface area contributed by atoms with Crippen LogP contribution in [0, 0.1) is 11.8 Å². The van der Waals surface area contributed by atoms with E-state index in [1.165, 1.54) is 37.7 Å². The van der Waals surface area contributed by atoms with Crippen LogP contribution in [-0.4, -0.2) is 17.8 Å². The van der Waals surface area contributed by atoms with Gasteiger partial charge in [0.25, 0.3) is 0 Å². The maximum absolute atomic E-state index is 9.43. The molecular formula is C16H23NO. The molecule has 2 aliphatic rings. The average molecular weight is 245 g/mol. The van der Waals surface area contributed by atoms with Crippen molar-refractivity contribution in [2.24, 2.45) is 11.8 Å². The van der Waals surface area contributed by atoms with Crippen LogP contribution in [0.2, 0.25) is 0 Å². The lowest BCUT2D eigenvalue weighted by Crippen LogP contribution is -2.37. The van der Waals surface area contributed by atoms with Crippen molar-refractivity contribution in [2.75, 3.05) is 6.61 Å². The summed E-state index contributed by atoms with van der Waals surface area (Å²) in [6.45, 7) is 0.337. The Kier molecular flexibility index (Phi) is 3.67. The van der Waals surface area contributed by atoms with Crippen molar-refractivity contribution in [1.29, 1.82) is 0 Å². The highest BCUT2D eigenvalue weighted by atomic mass is 16.3. The molecule has 2 aliphatic carbocycles. The molecule has 0 radical (unpaired) electrons. The van der Waals surface area contributed by atoms with Crippen molar-refractivity contribution >= 4 is 0 Å². The molecule has 0 aromatic heterocycles. The molecule has 2 saturated carbocycles. The van der Waals surface area contributed by atoms with Gasteiger partial charge in [0, 0.05) is 18.7 Å². The maximum Gasteiger partial charge on any atom is 0.0474 e. The summed E-state index contributed by atoms with van der Waals surface area (Å²) in [4.78, 5) is 0. The number of aliphatic hydroxyl groups excluding tert-OH is 1. The van der Waals surface area contributed by atoms with Crippen molar-refractivity contribution in [2.45, 2.75) is 44.2 Å². The summed E-state index contributed by atoms with van der Waals surface area (Å²) in [7, 11) is 0. The van der Waals surface area contributed by atoms with Crippen LogP contribution < -0.4 is 5.32 Å². The summed E-state index contributed by atoms with van der Waals surface area (Å²) >= 11 is 0. The molecule has 0 bridgehead atoms. The molecule has 2 N–H and O–H groups in total. The summed E-state index contributed by atoms with van der Waals surface area (Å²) < 4.78 is 0. The number of aliphatic hydroxyl groups is 1. The Labute approximate surface area is 109 Å². The fourth-order valence-corrected chi connectivity index (χ4v) is 3.30. The van der Waals surface area contributed by atoms with E-state index >= 15 is 0 Å². The quantitative estimate of drug-likeness (QED) is 0.836. The van der Waals surface area contributed by atoms with E-state index in [1.54, 1.807) is 0 Å². The van der Waals surface area contributed by atoms with E-state index in [9.17, 15) is 5.11 Å². The fraction of sp³-hybridized carbons (Fsp3) is 0.625. The Hall–Kier alpha value is -0.860.